The molecular weight excluding hydrogens is 402 g/mol. The maximum atomic E-state index is 13.8. The molecule has 0 aromatic carbocycles. The largest absolute Gasteiger partial charge is 0.394 e. The number of rotatable bonds is 10. The first kappa shape index (κ1) is 23.4. The van der Waals surface area contributed by atoms with Crippen molar-refractivity contribution in [2.24, 2.45) is 17.8 Å². The first-order valence-corrected chi connectivity index (χ1v) is 12.4. The van der Waals surface area contributed by atoms with Crippen LogP contribution in [-0.4, -0.2) is 70.0 Å². The lowest BCUT2D eigenvalue weighted by Gasteiger charge is -2.39. The third-order valence-corrected chi connectivity index (χ3v) is 9.41. The average molecular weight is 440 g/mol. The molecule has 0 saturated carbocycles. The number of aliphatic hydroxyl groups excluding tert-OH is 1. The molecule has 30 heavy (non-hydrogen) atoms. The van der Waals surface area contributed by atoms with Gasteiger partial charge in [-0.15, -0.1) is 11.8 Å². The van der Waals surface area contributed by atoms with Gasteiger partial charge in [0.2, 0.25) is 17.7 Å². The topological polar surface area (TPSA) is 98.7 Å². The molecule has 7 atom stereocenters. The number of likely N-dealkylation sites (tertiary alicyclic amines) is 1. The minimum absolute atomic E-state index is 0.0604. The molecule has 3 aliphatic heterocycles. The van der Waals surface area contributed by atoms with E-state index in [1.165, 1.54) is 0 Å². The van der Waals surface area contributed by atoms with Gasteiger partial charge >= 0.3 is 0 Å². The van der Waals surface area contributed by atoms with Crippen LogP contribution in [-0.2, 0) is 14.4 Å². The molecule has 2 unspecified atom stereocenters. The van der Waals surface area contributed by atoms with Gasteiger partial charge in [-0.2, -0.15) is 0 Å². The fourth-order valence-electron chi connectivity index (χ4n) is 5.71. The molecule has 170 valence electrons. The molecule has 3 rings (SSSR count). The van der Waals surface area contributed by atoms with Gasteiger partial charge in [-0.1, -0.05) is 40.0 Å². The average Bonchev–Trinajstić information content (AvgIpc) is 3.39. The highest BCUT2D eigenvalue weighted by atomic mass is 32.2. The van der Waals surface area contributed by atoms with E-state index in [4.69, 9.17) is 0 Å². The third-order valence-electron chi connectivity index (χ3n) is 7.46. The smallest absolute Gasteiger partial charge is 0.244 e. The quantitative estimate of drug-likeness (QED) is 0.449. The molecular formula is C22H37N3O4S. The van der Waals surface area contributed by atoms with Crippen LogP contribution in [0, 0.1) is 17.8 Å². The third kappa shape index (κ3) is 3.64. The lowest BCUT2D eigenvalue weighted by atomic mass is 9.71. The zero-order valence-corrected chi connectivity index (χ0v) is 19.5. The predicted octanol–water partition coefficient (Wildman–Crippen LogP) is 1.54. The Balaban J connectivity index is 1.97. The Hall–Kier alpha value is -1.28. The van der Waals surface area contributed by atoms with Crippen molar-refractivity contribution in [3.8, 4) is 0 Å². The molecule has 0 aromatic heterocycles. The summed E-state index contributed by atoms with van der Waals surface area (Å²) in [4.78, 5) is 41.6. The van der Waals surface area contributed by atoms with Crippen molar-refractivity contribution in [2.45, 2.75) is 81.4 Å². The zero-order chi connectivity index (χ0) is 22.1. The van der Waals surface area contributed by atoms with Gasteiger partial charge in [-0.25, -0.2) is 0 Å². The summed E-state index contributed by atoms with van der Waals surface area (Å²) in [5, 5.41) is 16.1. The fraction of sp³-hybridized carbons (Fsp3) is 0.864. The highest BCUT2D eigenvalue weighted by Crippen LogP contribution is 2.66. The molecule has 3 fully saturated rings. The van der Waals surface area contributed by atoms with Crippen LogP contribution in [0.3, 0.4) is 0 Å². The number of aliphatic hydroxyl groups is 1. The van der Waals surface area contributed by atoms with E-state index < -0.39 is 28.7 Å². The standard InChI is InChI=1S/C22H37N3O4S/c1-5-7-8-11-24-20(28)18-22-10-9-15(30-22)16(19(27)23-4)17(22)21(29)25(18)14(12-26)13(3)6-2/h13-18,26H,5-12H2,1-4H3,(H,23,27)(H,24,28)/t13-,14-,15+,16-,17-,18?,22?/m0/s1. The van der Waals surface area contributed by atoms with E-state index >= 15 is 0 Å². The Morgan fingerprint density at radius 2 is 2.03 bits per heavy atom. The van der Waals surface area contributed by atoms with E-state index in [0.717, 1.165) is 38.5 Å². The van der Waals surface area contributed by atoms with Crippen LogP contribution < -0.4 is 10.6 Å². The van der Waals surface area contributed by atoms with Crippen LogP contribution in [0.25, 0.3) is 0 Å². The van der Waals surface area contributed by atoms with Gasteiger partial charge in [-0.05, 0) is 25.2 Å². The van der Waals surface area contributed by atoms with Crippen molar-refractivity contribution in [2.75, 3.05) is 20.2 Å². The summed E-state index contributed by atoms with van der Waals surface area (Å²) in [6.07, 6.45) is 5.42. The molecule has 0 aromatic rings. The number of carbonyl (C=O) groups excluding carboxylic acids is 3. The van der Waals surface area contributed by atoms with Crippen LogP contribution >= 0.6 is 11.8 Å². The van der Waals surface area contributed by atoms with Crippen molar-refractivity contribution >= 4 is 29.5 Å². The van der Waals surface area contributed by atoms with Crippen molar-refractivity contribution in [3.63, 3.8) is 0 Å². The molecule has 8 heteroatoms. The number of thioether (sulfide) groups is 1. The van der Waals surface area contributed by atoms with E-state index in [2.05, 4.69) is 17.6 Å². The summed E-state index contributed by atoms with van der Waals surface area (Å²) < 4.78 is -0.575. The molecule has 3 aliphatic rings. The lowest BCUT2D eigenvalue weighted by Crippen LogP contribution is -2.57. The van der Waals surface area contributed by atoms with Crippen molar-refractivity contribution in [3.05, 3.63) is 0 Å². The molecule has 3 saturated heterocycles. The van der Waals surface area contributed by atoms with Crippen molar-refractivity contribution in [1.82, 2.24) is 15.5 Å². The van der Waals surface area contributed by atoms with Gasteiger partial charge < -0.3 is 20.6 Å². The second kappa shape index (κ2) is 9.47. The monoisotopic (exact) mass is 439 g/mol. The highest BCUT2D eigenvalue weighted by Gasteiger charge is 2.74. The Morgan fingerprint density at radius 3 is 2.63 bits per heavy atom. The molecule has 2 bridgehead atoms. The molecule has 0 radical (unpaired) electrons. The van der Waals surface area contributed by atoms with Crippen molar-refractivity contribution < 1.29 is 19.5 Å². The van der Waals surface area contributed by atoms with E-state index in [9.17, 15) is 19.5 Å². The minimum atomic E-state index is -0.632. The van der Waals surface area contributed by atoms with Gasteiger partial charge in [-0.3, -0.25) is 14.4 Å². The van der Waals surface area contributed by atoms with Crippen LogP contribution in [0.5, 0.6) is 0 Å². The number of fused-ring (bicyclic) bond motifs is 1. The molecule has 3 amide bonds. The fourth-order valence-corrected chi connectivity index (χ4v) is 7.92. The number of amides is 3. The van der Waals surface area contributed by atoms with Gasteiger partial charge in [0, 0.05) is 18.8 Å². The Bertz CT molecular complexity index is 675. The van der Waals surface area contributed by atoms with E-state index in [0.29, 0.717) is 6.54 Å². The number of nitrogens with zero attached hydrogens (tertiary/aromatic N) is 1. The lowest BCUT2D eigenvalue weighted by molar-refractivity contribution is -0.143. The molecule has 0 aliphatic carbocycles. The van der Waals surface area contributed by atoms with Crippen molar-refractivity contribution in [1.29, 1.82) is 0 Å². The normalized spacial score (nSPS) is 34.0. The van der Waals surface area contributed by atoms with Crippen LogP contribution in [0.1, 0.15) is 59.3 Å². The molecule has 1 spiro atoms. The Labute approximate surface area is 184 Å². The molecule has 3 N–H and O–H groups in total. The SMILES string of the molecule is CCCCCNC(=O)C1N([C@@H](CO)[C@@H](C)CC)C(=O)[C@@H]2[C@@H](C(=O)NC)[C@H]3CCC12S3. The van der Waals surface area contributed by atoms with Gasteiger partial charge in [0.05, 0.1) is 29.2 Å². The summed E-state index contributed by atoms with van der Waals surface area (Å²) in [6.45, 7) is 6.57. The number of hydrogen-bond acceptors (Lipinski definition) is 5. The first-order valence-electron chi connectivity index (χ1n) is 11.5. The van der Waals surface area contributed by atoms with E-state index in [-0.39, 0.29) is 35.5 Å². The number of hydrogen-bond donors (Lipinski definition) is 3. The maximum Gasteiger partial charge on any atom is 0.244 e. The second-order valence-electron chi connectivity index (χ2n) is 9.05. The minimum Gasteiger partial charge on any atom is -0.394 e. The van der Waals surface area contributed by atoms with Gasteiger partial charge in [0.25, 0.3) is 0 Å². The second-order valence-corrected chi connectivity index (χ2v) is 10.7. The maximum absolute atomic E-state index is 13.8. The Morgan fingerprint density at radius 1 is 1.30 bits per heavy atom. The van der Waals surface area contributed by atoms with Gasteiger partial charge in [0.15, 0.2) is 0 Å². The highest BCUT2D eigenvalue weighted by molar-refractivity contribution is 8.02. The number of nitrogens with one attached hydrogen (secondary N) is 2. The summed E-state index contributed by atoms with van der Waals surface area (Å²) in [6, 6.07) is -1.05. The number of unbranched alkanes of at least 4 members (excludes halogenated alkanes) is 2. The molecule has 7 nitrogen and oxygen atoms in total. The van der Waals surface area contributed by atoms with Crippen LogP contribution in [0.2, 0.25) is 0 Å². The predicted molar refractivity (Wildman–Crippen MR) is 118 cm³/mol. The van der Waals surface area contributed by atoms with E-state index in [1.807, 2.05) is 13.8 Å². The zero-order valence-electron chi connectivity index (χ0n) is 18.6. The van der Waals surface area contributed by atoms with Gasteiger partial charge in [0.1, 0.15) is 6.04 Å². The molecule has 3 heterocycles. The van der Waals surface area contributed by atoms with Crippen LogP contribution in [0.4, 0.5) is 0 Å². The summed E-state index contributed by atoms with van der Waals surface area (Å²) in [5.41, 5.74) is 0. The summed E-state index contributed by atoms with van der Waals surface area (Å²) >= 11 is 1.67. The summed E-state index contributed by atoms with van der Waals surface area (Å²) in [5.74, 6) is -1.21. The van der Waals surface area contributed by atoms with Crippen LogP contribution in [0.15, 0.2) is 0 Å². The number of carbonyl (C=O) groups is 3. The van der Waals surface area contributed by atoms with E-state index in [1.54, 1.807) is 23.7 Å². The summed E-state index contributed by atoms with van der Waals surface area (Å²) in [7, 11) is 1.61. The Kier molecular flexibility index (Phi) is 7.38. The first-order chi connectivity index (χ1) is 14.4.